The number of benzene rings is 1. The average molecular weight is 310 g/mol. The molecule has 1 aromatic carbocycles. The first-order valence-electron chi connectivity index (χ1n) is 7.14. The summed E-state index contributed by atoms with van der Waals surface area (Å²) in [6, 6.07) is 7.02. The van der Waals surface area contributed by atoms with Gasteiger partial charge in [-0.05, 0) is 18.2 Å². The van der Waals surface area contributed by atoms with Crippen molar-refractivity contribution in [3.63, 3.8) is 0 Å². The van der Waals surface area contributed by atoms with E-state index in [9.17, 15) is 4.79 Å². The second-order valence-corrected chi connectivity index (χ2v) is 5.67. The van der Waals surface area contributed by atoms with Crippen LogP contribution >= 0.6 is 0 Å². The number of nitrogens with zero attached hydrogens (tertiary/aromatic N) is 3. The number of anilines is 1. The molecule has 1 aliphatic rings. The normalized spacial score (nSPS) is 14.9. The van der Waals surface area contributed by atoms with E-state index in [2.05, 4.69) is 15.4 Å². The Hall–Kier alpha value is -3.09. The highest BCUT2D eigenvalue weighted by atomic mass is 16.7. The van der Waals surface area contributed by atoms with Crippen molar-refractivity contribution in [3.05, 3.63) is 48.4 Å². The van der Waals surface area contributed by atoms with Crippen LogP contribution in [-0.2, 0) is 0 Å². The standard InChI is InChI=1S/C16H14N4O3/c1-16(2)22-12-5-4-10(8-13(12)23-16)19-15(21)11-9-18-20-7-3-6-17-14(11)20/h3-9H,1-2H3,(H,19,21). The van der Waals surface area contributed by atoms with Gasteiger partial charge < -0.3 is 14.8 Å². The second kappa shape index (κ2) is 4.70. The van der Waals surface area contributed by atoms with Crippen LogP contribution in [-0.4, -0.2) is 26.3 Å². The Balaban J connectivity index is 1.61. The van der Waals surface area contributed by atoms with E-state index < -0.39 is 5.79 Å². The van der Waals surface area contributed by atoms with E-state index in [-0.39, 0.29) is 5.91 Å². The van der Waals surface area contributed by atoms with Crippen molar-refractivity contribution >= 4 is 17.2 Å². The number of aromatic nitrogens is 3. The van der Waals surface area contributed by atoms with Crippen molar-refractivity contribution in [3.8, 4) is 11.5 Å². The summed E-state index contributed by atoms with van der Waals surface area (Å²) in [5.74, 6) is 0.283. The molecular weight excluding hydrogens is 296 g/mol. The number of hydrogen-bond acceptors (Lipinski definition) is 5. The zero-order chi connectivity index (χ0) is 16.0. The Morgan fingerprint density at radius 1 is 1.26 bits per heavy atom. The molecule has 1 aliphatic heterocycles. The van der Waals surface area contributed by atoms with Gasteiger partial charge in [-0.3, -0.25) is 4.79 Å². The summed E-state index contributed by atoms with van der Waals surface area (Å²) in [4.78, 5) is 16.6. The molecule has 0 radical (unpaired) electrons. The first-order valence-corrected chi connectivity index (χ1v) is 7.14. The molecule has 3 heterocycles. The number of nitrogens with one attached hydrogen (secondary N) is 1. The molecule has 0 spiro atoms. The van der Waals surface area contributed by atoms with Crippen LogP contribution < -0.4 is 14.8 Å². The maximum absolute atomic E-state index is 12.4. The third-order valence-electron chi connectivity index (χ3n) is 3.44. The summed E-state index contributed by atoms with van der Waals surface area (Å²) in [6.07, 6.45) is 4.85. The molecule has 0 aliphatic carbocycles. The van der Waals surface area contributed by atoms with Crippen molar-refractivity contribution in [2.45, 2.75) is 19.6 Å². The highest BCUT2D eigenvalue weighted by Crippen LogP contribution is 2.40. The maximum Gasteiger partial charge on any atom is 0.261 e. The fraction of sp³-hybridized carbons (Fsp3) is 0.188. The molecule has 7 nitrogen and oxygen atoms in total. The molecule has 3 aromatic rings. The largest absolute Gasteiger partial charge is 0.449 e. The van der Waals surface area contributed by atoms with Crippen LogP contribution in [0.1, 0.15) is 24.2 Å². The summed E-state index contributed by atoms with van der Waals surface area (Å²) in [5, 5.41) is 6.93. The summed E-state index contributed by atoms with van der Waals surface area (Å²) in [5.41, 5.74) is 1.53. The number of rotatable bonds is 2. The quantitative estimate of drug-likeness (QED) is 0.787. The number of fused-ring (bicyclic) bond motifs is 2. The van der Waals surface area contributed by atoms with E-state index in [1.54, 1.807) is 41.2 Å². The Labute approximate surface area is 131 Å². The number of carbonyl (C=O) groups is 1. The third kappa shape index (κ3) is 2.36. The predicted octanol–water partition coefficient (Wildman–Crippen LogP) is 2.49. The molecule has 7 heteroatoms. The second-order valence-electron chi connectivity index (χ2n) is 5.67. The van der Waals surface area contributed by atoms with Gasteiger partial charge in [0.1, 0.15) is 5.56 Å². The van der Waals surface area contributed by atoms with Gasteiger partial charge in [-0.15, -0.1) is 0 Å². The minimum absolute atomic E-state index is 0.281. The van der Waals surface area contributed by atoms with Gasteiger partial charge in [0, 0.05) is 38.0 Å². The molecule has 2 aromatic heterocycles. The highest BCUT2D eigenvalue weighted by Gasteiger charge is 2.31. The lowest BCUT2D eigenvalue weighted by Gasteiger charge is -2.16. The predicted molar refractivity (Wildman–Crippen MR) is 82.7 cm³/mol. The van der Waals surface area contributed by atoms with Gasteiger partial charge >= 0.3 is 0 Å². The van der Waals surface area contributed by atoms with E-state index in [0.29, 0.717) is 28.4 Å². The molecule has 0 bridgehead atoms. The van der Waals surface area contributed by atoms with Gasteiger partial charge in [0.15, 0.2) is 17.1 Å². The van der Waals surface area contributed by atoms with Crippen molar-refractivity contribution in [2.24, 2.45) is 0 Å². The Bertz CT molecular complexity index is 917. The Kier molecular flexibility index (Phi) is 2.77. The lowest BCUT2D eigenvalue weighted by Crippen LogP contribution is -2.29. The third-order valence-corrected chi connectivity index (χ3v) is 3.44. The van der Waals surface area contributed by atoms with Crippen molar-refractivity contribution in [1.29, 1.82) is 0 Å². The van der Waals surface area contributed by atoms with Gasteiger partial charge in [0.2, 0.25) is 5.79 Å². The SMILES string of the molecule is CC1(C)Oc2ccc(NC(=O)c3cnn4cccnc34)cc2O1. The smallest absolute Gasteiger partial charge is 0.261 e. The number of carbonyl (C=O) groups excluding carboxylic acids is 1. The van der Waals surface area contributed by atoms with Gasteiger partial charge in [-0.2, -0.15) is 5.10 Å². The van der Waals surface area contributed by atoms with E-state index >= 15 is 0 Å². The van der Waals surface area contributed by atoms with Crippen LogP contribution in [0.5, 0.6) is 11.5 Å². The summed E-state index contributed by atoms with van der Waals surface area (Å²) < 4.78 is 12.9. The van der Waals surface area contributed by atoms with E-state index in [1.165, 1.54) is 6.20 Å². The minimum Gasteiger partial charge on any atom is -0.449 e. The summed E-state index contributed by atoms with van der Waals surface area (Å²) in [6.45, 7) is 3.66. The molecule has 0 saturated carbocycles. The van der Waals surface area contributed by atoms with Crippen molar-refractivity contribution in [2.75, 3.05) is 5.32 Å². The van der Waals surface area contributed by atoms with Crippen LogP contribution in [0, 0.1) is 0 Å². The van der Waals surface area contributed by atoms with E-state index in [0.717, 1.165) is 0 Å². The first kappa shape index (κ1) is 13.6. The average Bonchev–Trinajstić information content (AvgIpc) is 3.05. The van der Waals surface area contributed by atoms with Gasteiger partial charge in [0.05, 0.1) is 6.20 Å². The molecule has 1 amide bonds. The zero-order valence-electron chi connectivity index (χ0n) is 12.6. The van der Waals surface area contributed by atoms with E-state index in [1.807, 2.05) is 13.8 Å². The monoisotopic (exact) mass is 310 g/mol. The highest BCUT2D eigenvalue weighted by molar-refractivity contribution is 6.08. The maximum atomic E-state index is 12.4. The lowest BCUT2D eigenvalue weighted by molar-refractivity contribution is -0.0431. The Morgan fingerprint density at radius 3 is 2.96 bits per heavy atom. The molecule has 116 valence electrons. The van der Waals surface area contributed by atoms with Crippen LogP contribution in [0.4, 0.5) is 5.69 Å². The Morgan fingerprint density at radius 2 is 2.09 bits per heavy atom. The topological polar surface area (TPSA) is 77.8 Å². The van der Waals surface area contributed by atoms with E-state index in [4.69, 9.17) is 9.47 Å². The lowest BCUT2D eigenvalue weighted by atomic mass is 10.2. The molecule has 4 rings (SSSR count). The molecular formula is C16H14N4O3. The van der Waals surface area contributed by atoms with Crippen molar-refractivity contribution in [1.82, 2.24) is 14.6 Å². The number of amides is 1. The summed E-state index contributed by atoms with van der Waals surface area (Å²) >= 11 is 0. The summed E-state index contributed by atoms with van der Waals surface area (Å²) in [7, 11) is 0. The fourth-order valence-corrected chi connectivity index (χ4v) is 2.49. The number of ether oxygens (including phenoxy) is 2. The first-order chi connectivity index (χ1) is 11.0. The van der Waals surface area contributed by atoms with Crippen LogP contribution in [0.25, 0.3) is 5.65 Å². The van der Waals surface area contributed by atoms with Gasteiger partial charge in [-0.1, -0.05) is 0 Å². The van der Waals surface area contributed by atoms with Gasteiger partial charge in [0.25, 0.3) is 5.91 Å². The molecule has 0 fully saturated rings. The van der Waals surface area contributed by atoms with Gasteiger partial charge in [-0.25, -0.2) is 9.50 Å². The number of hydrogen-bond donors (Lipinski definition) is 1. The van der Waals surface area contributed by atoms with Crippen molar-refractivity contribution < 1.29 is 14.3 Å². The molecule has 0 atom stereocenters. The zero-order valence-corrected chi connectivity index (χ0v) is 12.6. The van der Waals surface area contributed by atoms with Crippen LogP contribution in [0.3, 0.4) is 0 Å². The molecule has 0 saturated heterocycles. The minimum atomic E-state index is -0.697. The molecule has 0 unspecified atom stereocenters. The molecule has 23 heavy (non-hydrogen) atoms. The fourth-order valence-electron chi connectivity index (χ4n) is 2.49. The molecule has 1 N–H and O–H groups in total. The van der Waals surface area contributed by atoms with Crippen LogP contribution in [0.2, 0.25) is 0 Å². The van der Waals surface area contributed by atoms with Crippen LogP contribution in [0.15, 0.2) is 42.9 Å².